The molecule has 1 atom stereocenters. The fourth-order valence-electron chi connectivity index (χ4n) is 6.96. The third kappa shape index (κ3) is 8.06. The number of hydrogen-bond acceptors (Lipinski definition) is 6. The molecule has 2 fully saturated rings. The molecule has 1 aromatic carbocycles. The number of nitrogens with zero attached hydrogens (tertiary/aromatic N) is 3. The van der Waals surface area contributed by atoms with E-state index < -0.39 is 11.9 Å². The molecule has 7 nitrogen and oxygen atoms in total. The lowest BCUT2D eigenvalue weighted by Gasteiger charge is -2.39. The van der Waals surface area contributed by atoms with Crippen molar-refractivity contribution in [3.05, 3.63) is 64.1 Å². The SMILES string of the molecule is CCCC1CCC(C2CCN(c3cnc(-c4ccc(CC(NC(=O)c5ccc(C(C)(C)C)s5)C(N)=O)cc4)nc3)CC2)CC1. The topological polar surface area (TPSA) is 101 Å². The Balaban J connectivity index is 1.13. The Kier molecular flexibility index (Phi) is 10.4. The highest BCUT2D eigenvalue weighted by atomic mass is 32.1. The van der Waals surface area contributed by atoms with Gasteiger partial charge in [0, 0.05) is 30.0 Å². The van der Waals surface area contributed by atoms with Crippen molar-refractivity contribution in [2.24, 2.45) is 23.5 Å². The highest BCUT2D eigenvalue weighted by molar-refractivity contribution is 7.14. The van der Waals surface area contributed by atoms with E-state index in [2.05, 4.69) is 47.9 Å². The van der Waals surface area contributed by atoms with Gasteiger partial charge in [0.1, 0.15) is 6.04 Å². The minimum absolute atomic E-state index is 0.0398. The number of carbonyl (C=O) groups is 2. The van der Waals surface area contributed by atoms with Crippen molar-refractivity contribution in [3.63, 3.8) is 0 Å². The number of anilines is 1. The van der Waals surface area contributed by atoms with Gasteiger partial charge in [-0.05, 0) is 66.5 Å². The number of amides is 2. The van der Waals surface area contributed by atoms with Crippen LogP contribution in [0.15, 0.2) is 48.8 Å². The molecule has 8 heteroatoms. The molecule has 5 rings (SSSR count). The van der Waals surface area contributed by atoms with Gasteiger partial charge < -0.3 is 16.0 Å². The Morgan fingerprint density at radius 2 is 1.59 bits per heavy atom. The van der Waals surface area contributed by atoms with E-state index in [0.717, 1.165) is 52.5 Å². The minimum Gasteiger partial charge on any atom is -0.369 e. The quantitative estimate of drug-likeness (QED) is 0.252. The van der Waals surface area contributed by atoms with E-state index >= 15 is 0 Å². The molecule has 1 aliphatic carbocycles. The van der Waals surface area contributed by atoms with Gasteiger partial charge in [0.15, 0.2) is 5.82 Å². The number of carbonyl (C=O) groups excluding carboxylic acids is 2. The molecule has 44 heavy (non-hydrogen) atoms. The van der Waals surface area contributed by atoms with E-state index in [1.165, 1.54) is 62.7 Å². The molecule has 0 bridgehead atoms. The summed E-state index contributed by atoms with van der Waals surface area (Å²) in [5.74, 6) is 2.60. The van der Waals surface area contributed by atoms with Crippen LogP contribution in [0.4, 0.5) is 5.69 Å². The monoisotopic (exact) mass is 615 g/mol. The van der Waals surface area contributed by atoms with E-state index in [1.54, 1.807) is 6.07 Å². The van der Waals surface area contributed by atoms with Crippen LogP contribution < -0.4 is 16.0 Å². The highest BCUT2D eigenvalue weighted by Gasteiger charge is 2.30. The standard InChI is InChI=1S/C36H49N5O2S/c1-5-6-24-7-11-26(12-8-24)27-17-19-41(20-18-27)29-22-38-34(39-23-29)28-13-9-25(10-14-28)21-30(33(37)42)40-35(43)31-15-16-32(44-31)36(2,3)4/h9-10,13-16,22-24,26-27,30H,5-8,11-12,17-21H2,1-4H3,(H2,37,42)(H,40,43). The van der Waals surface area contributed by atoms with Gasteiger partial charge in [-0.2, -0.15) is 0 Å². The van der Waals surface area contributed by atoms with E-state index in [-0.39, 0.29) is 11.3 Å². The smallest absolute Gasteiger partial charge is 0.262 e. The van der Waals surface area contributed by atoms with Crippen LogP contribution in [0.1, 0.15) is 99.2 Å². The van der Waals surface area contributed by atoms with Crippen LogP contribution in [0, 0.1) is 17.8 Å². The molecule has 1 unspecified atom stereocenters. The van der Waals surface area contributed by atoms with Gasteiger partial charge in [-0.25, -0.2) is 9.97 Å². The van der Waals surface area contributed by atoms with Crippen LogP contribution in [0.2, 0.25) is 0 Å². The van der Waals surface area contributed by atoms with E-state index in [4.69, 9.17) is 5.73 Å². The zero-order chi connectivity index (χ0) is 31.3. The lowest BCUT2D eigenvalue weighted by molar-refractivity contribution is -0.119. The van der Waals surface area contributed by atoms with Gasteiger partial charge >= 0.3 is 0 Å². The minimum atomic E-state index is -0.802. The molecule has 3 N–H and O–H groups in total. The first-order valence-electron chi connectivity index (χ1n) is 16.5. The van der Waals surface area contributed by atoms with Crippen molar-refractivity contribution in [3.8, 4) is 11.4 Å². The summed E-state index contributed by atoms with van der Waals surface area (Å²) in [5.41, 5.74) is 8.53. The van der Waals surface area contributed by atoms with Crippen molar-refractivity contribution >= 4 is 28.8 Å². The fourth-order valence-corrected chi connectivity index (χ4v) is 7.93. The molecule has 3 aromatic rings. The second kappa shape index (κ2) is 14.2. The molecule has 0 spiro atoms. The Morgan fingerprint density at radius 1 is 0.955 bits per heavy atom. The van der Waals surface area contributed by atoms with Crippen molar-refractivity contribution in [2.75, 3.05) is 18.0 Å². The third-order valence-corrected chi connectivity index (χ3v) is 11.2. The Bertz CT molecular complexity index is 1380. The Morgan fingerprint density at radius 3 is 2.16 bits per heavy atom. The molecule has 2 amide bonds. The van der Waals surface area contributed by atoms with Crippen LogP contribution in [0.3, 0.4) is 0 Å². The number of primary amides is 1. The van der Waals surface area contributed by atoms with E-state index in [9.17, 15) is 9.59 Å². The summed E-state index contributed by atoms with van der Waals surface area (Å²) in [6, 6.07) is 10.8. The second-order valence-electron chi connectivity index (χ2n) is 13.9. The first kappa shape index (κ1) is 32.1. The maximum Gasteiger partial charge on any atom is 0.262 e. The Hall–Kier alpha value is -3.26. The first-order chi connectivity index (χ1) is 21.1. The molecular formula is C36H49N5O2S. The summed E-state index contributed by atoms with van der Waals surface area (Å²) in [6.45, 7) is 10.8. The fraction of sp³-hybridized carbons (Fsp3) is 0.556. The molecule has 1 saturated heterocycles. The number of hydrogen-bond donors (Lipinski definition) is 2. The van der Waals surface area contributed by atoms with Crippen molar-refractivity contribution in [1.29, 1.82) is 0 Å². The van der Waals surface area contributed by atoms with Gasteiger partial charge in [0.05, 0.1) is 23.0 Å². The molecule has 3 heterocycles. The van der Waals surface area contributed by atoms with Crippen LogP contribution in [-0.4, -0.2) is 40.9 Å². The summed E-state index contributed by atoms with van der Waals surface area (Å²) in [6.07, 6.45) is 15.2. The van der Waals surface area contributed by atoms with Gasteiger partial charge in [-0.3, -0.25) is 9.59 Å². The van der Waals surface area contributed by atoms with Crippen molar-refractivity contribution in [2.45, 2.75) is 96.9 Å². The van der Waals surface area contributed by atoms with Crippen LogP contribution in [-0.2, 0) is 16.6 Å². The normalized spacial score (nSPS) is 20.3. The maximum atomic E-state index is 12.9. The lowest BCUT2D eigenvalue weighted by atomic mass is 9.72. The molecule has 236 valence electrons. The predicted molar refractivity (Wildman–Crippen MR) is 180 cm³/mol. The molecule has 2 aliphatic rings. The van der Waals surface area contributed by atoms with Crippen LogP contribution >= 0.6 is 11.3 Å². The van der Waals surface area contributed by atoms with Gasteiger partial charge in [-0.15, -0.1) is 11.3 Å². The average Bonchev–Trinajstić information content (AvgIpc) is 3.54. The third-order valence-electron chi connectivity index (χ3n) is 9.67. The summed E-state index contributed by atoms with van der Waals surface area (Å²) in [5, 5.41) is 2.82. The van der Waals surface area contributed by atoms with Crippen LogP contribution in [0.5, 0.6) is 0 Å². The maximum absolute atomic E-state index is 12.9. The number of nitrogens with one attached hydrogen (secondary N) is 1. The number of nitrogens with two attached hydrogens (primary N) is 1. The first-order valence-corrected chi connectivity index (χ1v) is 17.3. The van der Waals surface area contributed by atoms with E-state index in [1.807, 2.05) is 42.7 Å². The molecule has 0 radical (unpaired) electrons. The predicted octanol–water partition coefficient (Wildman–Crippen LogP) is 7.15. The van der Waals surface area contributed by atoms with Crippen molar-refractivity contribution < 1.29 is 9.59 Å². The summed E-state index contributed by atoms with van der Waals surface area (Å²) >= 11 is 1.44. The molecule has 1 aliphatic heterocycles. The summed E-state index contributed by atoms with van der Waals surface area (Å²) in [7, 11) is 0. The number of rotatable bonds is 10. The number of thiophene rings is 1. The largest absolute Gasteiger partial charge is 0.369 e. The van der Waals surface area contributed by atoms with Gasteiger partial charge in [0.2, 0.25) is 5.91 Å². The van der Waals surface area contributed by atoms with Gasteiger partial charge in [-0.1, -0.05) is 77.6 Å². The zero-order valence-corrected chi connectivity index (χ0v) is 27.7. The summed E-state index contributed by atoms with van der Waals surface area (Å²) < 4.78 is 0. The van der Waals surface area contributed by atoms with Crippen LogP contribution in [0.25, 0.3) is 11.4 Å². The van der Waals surface area contributed by atoms with Crippen molar-refractivity contribution in [1.82, 2.24) is 15.3 Å². The van der Waals surface area contributed by atoms with Gasteiger partial charge in [0.25, 0.3) is 5.91 Å². The molecule has 2 aromatic heterocycles. The second-order valence-corrected chi connectivity index (χ2v) is 15.0. The number of benzene rings is 1. The number of aromatic nitrogens is 2. The molecular weight excluding hydrogens is 566 g/mol. The van der Waals surface area contributed by atoms with E-state index in [0.29, 0.717) is 17.1 Å². The highest BCUT2D eigenvalue weighted by Crippen LogP contribution is 2.39. The zero-order valence-electron chi connectivity index (χ0n) is 26.9. The Labute approximate surface area is 267 Å². The lowest BCUT2D eigenvalue weighted by Crippen LogP contribution is -2.45. The molecule has 1 saturated carbocycles. The number of piperidine rings is 1. The summed E-state index contributed by atoms with van der Waals surface area (Å²) in [4.78, 5) is 38.6. The average molecular weight is 616 g/mol.